The number of hydrogen-bond donors (Lipinski definition) is 0. The van der Waals surface area contributed by atoms with Gasteiger partial charge in [-0.05, 0) is 87.6 Å². The zero-order valence-corrected chi connectivity index (χ0v) is 41.7. The minimum Gasteiger partial charge on any atom is -0.581 e. The van der Waals surface area contributed by atoms with Crippen LogP contribution in [0.4, 0.5) is 11.4 Å². The van der Waals surface area contributed by atoms with E-state index in [2.05, 4.69) is 204 Å². The summed E-state index contributed by atoms with van der Waals surface area (Å²) in [6.07, 6.45) is 7.23. The van der Waals surface area contributed by atoms with Crippen LogP contribution < -0.4 is 20.0 Å². The molecule has 4 aliphatic rings. The zero-order chi connectivity index (χ0) is 43.7. The number of hydrogen-bond acceptors (Lipinski definition) is 8. The second-order valence-electron chi connectivity index (χ2n) is 16.7. The summed E-state index contributed by atoms with van der Waals surface area (Å²) in [4.78, 5) is 18.4. The Kier molecular flexibility index (Phi) is 11.9. The average molecular weight is 1220 g/mol. The van der Waals surface area contributed by atoms with Crippen molar-refractivity contribution in [2.45, 2.75) is 38.5 Å². The van der Waals surface area contributed by atoms with E-state index in [4.69, 9.17) is 9.97 Å². The van der Waals surface area contributed by atoms with Crippen molar-refractivity contribution in [3.8, 4) is 22.3 Å². The molecule has 4 aromatic carbocycles. The Bertz CT molecular complexity index is 2840. The number of allylic oxidation sites excluding steroid dienone is 4. The van der Waals surface area contributed by atoms with Crippen LogP contribution >= 0.6 is 0 Å². The Morgan fingerprint density at radius 3 is 1.26 bits per heavy atom. The summed E-state index contributed by atoms with van der Waals surface area (Å²) < 4.78 is 0. The second-order valence-corrected chi connectivity index (χ2v) is 16.7. The van der Waals surface area contributed by atoms with Crippen molar-refractivity contribution in [2.24, 2.45) is 0 Å². The van der Waals surface area contributed by atoms with Crippen LogP contribution in [0.2, 0.25) is 0 Å². The zero-order valence-electron chi connectivity index (χ0n) is 37.1. The van der Waals surface area contributed by atoms with E-state index < -0.39 is 10.8 Å². The summed E-state index contributed by atoms with van der Waals surface area (Å²) in [5.41, 5.74) is 18.1. The van der Waals surface area contributed by atoms with Crippen molar-refractivity contribution in [3.63, 3.8) is 0 Å². The van der Waals surface area contributed by atoms with Crippen LogP contribution in [0, 0.1) is 25.5 Å². The molecule has 12 heteroatoms. The van der Waals surface area contributed by atoms with E-state index in [0.717, 1.165) is 67.5 Å². The van der Waals surface area contributed by atoms with Gasteiger partial charge >= 0.3 is 0 Å². The second kappa shape index (κ2) is 17.5. The van der Waals surface area contributed by atoms with Crippen LogP contribution in [0.15, 0.2) is 169 Å². The topological polar surface area (TPSA) is 92.7 Å². The number of rotatable bonds is 6. The molecular weight excluding hydrogens is 1180 g/mol. The smallest absolute Gasteiger partial charge is 0.0816 e. The Morgan fingerprint density at radius 2 is 0.879 bits per heavy atom. The van der Waals surface area contributed by atoms with Crippen molar-refractivity contribution in [3.05, 3.63) is 239 Å². The third-order valence-corrected chi connectivity index (χ3v) is 13.6. The molecular formula is C54H44N10Pt2-6. The monoisotopic (exact) mass is 1220 g/mol. The van der Waals surface area contributed by atoms with Gasteiger partial charge in [0.2, 0.25) is 0 Å². The molecule has 0 saturated heterocycles. The fourth-order valence-corrected chi connectivity index (χ4v) is 10.1. The molecule has 0 bridgehead atoms. The molecule has 2 unspecified atom stereocenters. The Labute approximate surface area is 415 Å². The molecule has 0 saturated carbocycles. The van der Waals surface area contributed by atoms with Crippen molar-refractivity contribution in [1.29, 1.82) is 0 Å². The molecule has 12 rings (SSSR count). The predicted molar refractivity (Wildman–Crippen MR) is 249 cm³/mol. The van der Waals surface area contributed by atoms with E-state index in [1.807, 2.05) is 36.7 Å². The van der Waals surface area contributed by atoms with Crippen LogP contribution in [-0.4, -0.2) is 44.1 Å². The number of fused-ring (bicyclic) bond motifs is 6. The molecule has 6 heterocycles. The molecule has 0 fully saturated rings. The van der Waals surface area contributed by atoms with Crippen LogP contribution in [0.5, 0.6) is 0 Å². The molecule has 4 aromatic heterocycles. The Morgan fingerprint density at radius 1 is 0.470 bits per heavy atom. The molecule has 0 radical (unpaired) electrons. The van der Waals surface area contributed by atoms with Crippen molar-refractivity contribution < 1.29 is 42.1 Å². The Hall–Kier alpha value is -6.34. The maximum atomic E-state index is 4.90. The van der Waals surface area contributed by atoms with Crippen molar-refractivity contribution in [1.82, 2.24) is 40.2 Å². The summed E-state index contributed by atoms with van der Waals surface area (Å²) in [5, 5.41) is 17.5. The number of nitrogens with zero attached hydrogens (tertiary/aromatic N) is 10. The summed E-state index contributed by atoms with van der Waals surface area (Å²) in [6.45, 7) is 12.7. The first-order valence-corrected chi connectivity index (χ1v) is 21.4. The number of anilines is 2. The Balaban J connectivity index is 0.000000161. The average Bonchev–Trinajstić information content (AvgIpc) is 4.22. The largest absolute Gasteiger partial charge is 0.581 e. The third-order valence-electron chi connectivity index (χ3n) is 13.6. The standard InChI is InChI=1S/2C27H22N5.2Pt/c2*1-18-19(2)32(17-31(18)3)21-9-6-8-20(16-21)27(25-13-15-29-30-25)24-12-5-4-10-22(24)23-11-7-14-28-26(23)27;;/h2*4-15,17H,1-3H3;;/q2*-3;;. The molecule has 0 spiro atoms. The quantitative estimate of drug-likeness (QED) is 0.150. The van der Waals surface area contributed by atoms with E-state index in [0.29, 0.717) is 0 Å². The maximum absolute atomic E-state index is 4.90. The van der Waals surface area contributed by atoms with Crippen LogP contribution in [0.1, 0.15) is 72.7 Å². The summed E-state index contributed by atoms with van der Waals surface area (Å²) in [6, 6.07) is 49.4. The van der Waals surface area contributed by atoms with E-state index in [1.165, 1.54) is 33.9 Å². The number of benzene rings is 4. The SMILES string of the molecule is CC1=C(C)N(c2[c-]c(C3(c4cc[n-]n4)c4ccccc4-c4cccnc43)ccc2)[CH-]N1C.CC1=C(C)N(c2[c-]c(C3(c4cc[n-]n4)c4ccccc4-c4cccnc43)ccc2)[CH-]N1C.[Pt].[Pt]. The number of pyridine rings is 2. The molecule has 336 valence electrons. The van der Waals surface area contributed by atoms with Gasteiger partial charge in [0.25, 0.3) is 0 Å². The number of aromatic nitrogens is 6. The molecule has 0 amide bonds. The maximum Gasteiger partial charge on any atom is 0.0816 e. The van der Waals surface area contributed by atoms with Gasteiger partial charge in [-0.1, -0.05) is 72.8 Å². The van der Waals surface area contributed by atoms with Gasteiger partial charge < -0.3 is 40.0 Å². The first-order valence-electron chi connectivity index (χ1n) is 21.4. The summed E-state index contributed by atoms with van der Waals surface area (Å²) >= 11 is 0. The van der Waals surface area contributed by atoms with E-state index in [-0.39, 0.29) is 42.1 Å². The molecule has 0 N–H and O–H groups in total. The normalized spacial score (nSPS) is 18.9. The van der Waals surface area contributed by atoms with Gasteiger partial charge in [-0.3, -0.25) is 9.97 Å². The fraction of sp³-hybridized carbons (Fsp3) is 0.148. The van der Waals surface area contributed by atoms with Crippen LogP contribution in [0.3, 0.4) is 0 Å². The van der Waals surface area contributed by atoms with Crippen molar-refractivity contribution >= 4 is 11.4 Å². The van der Waals surface area contributed by atoms with Crippen LogP contribution in [-0.2, 0) is 53.0 Å². The van der Waals surface area contributed by atoms with Gasteiger partial charge in [0.15, 0.2) is 0 Å². The van der Waals surface area contributed by atoms with Gasteiger partial charge in [-0.25, -0.2) is 0 Å². The molecule has 2 aliphatic heterocycles. The first kappa shape index (κ1) is 44.8. The summed E-state index contributed by atoms with van der Waals surface area (Å²) in [7, 11) is 4.13. The first-order chi connectivity index (χ1) is 31.2. The minimum absolute atomic E-state index is 0. The minimum atomic E-state index is -0.669. The van der Waals surface area contributed by atoms with Gasteiger partial charge in [-0.2, -0.15) is 74.3 Å². The van der Waals surface area contributed by atoms with Gasteiger partial charge in [0.05, 0.1) is 22.2 Å². The molecule has 2 atom stereocenters. The van der Waals surface area contributed by atoms with Gasteiger partial charge in [0.1, 0.15) is 0 Å². The van der Waals surface area contributed by atoms with E-state index in [1.54, 1.807) is 12.4 Å². The predicted octanol–water partition coefficient (Wildman–Crippen LogP) is 9.43. The molecule has 10 nitrogen and oxygen atoms in total. The van der Waals surface area contributed by atoms with Crippen molar-refractivity contribution in [2.75, 3.05) is 23.9 Å². The fourth-order valence-electron chi connectivity index (χ4n) is 10.1. The van der Waals surface area contributed by atoms with E-state index >= 15 is 0 Å². The molecule has 8 aromatic rings. The van der Waals surface area contributed by atoms with Gasteiger partial charge in [0, 0.05) is 88.4 Å². The third kappa shape index (κ3) is 6.58. The van der Waals surface area contributed by atoms with Gasteiger partial charge in [-0.15, -0.1) is 22.5 Å². The molecule has 66 heavy (non-hydrogen) atoms. The van der Waals surface area contributed by atoms with E-state index in [9.17, 15) is 0 Å². The van der Waals surface area contributed by atoms with Crippen LogP contribution in [0.25, 0.3) is 22.3 Å². The molecule has 2 aliphatic carbocycles. The summed E-state index contributed by atoms with van der Waals surface area (Å²) in [5.74, 6) is 0.